The standard InChI is InChI=1S/C15H19N3O2S.ClH/c19-21(20,18-11-12-4-2-8-16-10-12)15-7-1-6-14-13(15)5-3-9-17-14;/h1,3,5-7,9,12,16,18H,2,4,8,10-11H2;1H. The Labute approximate surface area is 137 Å². The lowest BCUT2D eigenvalue weighted by molar-refractivity contribution is 0.376. The molecule has 1 atom stereocenters. The van der Waals surface area contributed by atoms with Gasteiger partial charge in [0.05, 0.1) is 10.4 Å². The molecule has 1 aliphatic rings. The van der Waals surface area contributed by atoms with Crippen LogP contribution >= 0.6 is 12.4 Å². The van der Waals surface area contributed by atoms with Crippen LogP contribution in [0.1, 0.15) is 12.8 Å². The smallest absolute Gasteiger partial charge is 0.241 e. The summed E-state index contributed by atoms with van der Waals surface area (Å²) in [7, 11) is -3.50. The number of nitrogens with zero attached hydrogens (tertiary/aromatic N) is 1. The van der Waals surface area contributed by atoms with E-state index in [4.69, 9.17) is 0 Å². The molecule has 2 aromatic rings. The van der Waals surface area contributed by atoms with Gasteiger partial charge in [0.2, 0.25) is 10.0 Å². The summed E-state index contributed by atoms with van der Waals surface area (Å²) in [6, 6.07) is 8.72. The molecular weight excluding hydrogens is 322 g/mol. The second-order valence-corrected chi connectivity index (χ2v) is 7.13. The Morgan fingerprint density at radius 3 is 2.91 bits per heavy atom. The van der Waals surface area contributed by atoms with E-state index in [1.165, 1.54) is 0 Å². The largest absolute Gasteiger partial charge is 0.316 e. The van der Waals surface area contributed by atoms with Gasteiger partial charge in [0.15, 0.2) is 0 Å². The van der Waals surface area contributed by atoms with Crippen LogP contribution < -0.4 is 10.0 Å². The molecule has 0 aliphatic carbocycles. The van der Waals surface area contributed by atoms with E-state index >= 15 is 0 Å². The van der Waals surface area contributed by atoms with Gasteiger partial charge in [-0.25, -0.2) is 13.1 Å². The van der Waals surface area contributed by atoms with Crippen molar-refractivity contribution >= 4 is 33.3 Å². The normalized spacial score (nSPS) is 18.8. The average molecular weight is 342 g/mol. The lowest BCUT2D eigenvalue weighted by atomic mass is 10.0. The summed E-state index contributed by atoms with van der Waals surface area (Å²) in [5.74, 6) is 0.363. The number of piperidine rings is 1. The van der Waals surface area contributed by atoms with Crippen LogP contribution in [0.15, 0.2) is 41.4 Å². The summed E-state index contributed by atoms with van der Waals surface area (Å²) in [4.78, 5) is 4.51. The molecule has 1 aliphatic heterocycles. The molecule has 1 aromatic carbocycles. The lowest BCUT2D eigenvalue weighted by Crippen LogP contribution is -2.38. The minimum Gasteiger partial charge on any atom is -0.316 e. The molecule has 0 saturated carbocycles. The first-order chi connectivity index (χ1) is 10.2. The van der Waals surface area contributed by atoms with Gasteiger partial charge in [0.1, 0.15) is 0 Å². The van der Waals surface area contributed by atoms with Crippen molar-refractivity contribution in [3.63, 3.8) is 0 Å². The quantitative estimate of drug-likeness (QED) is 0.891. The summed E-state index contributed by atoms with van der Waals surface area (Å²) >= 11 is 0. The van der Waals surface area contributed by atoms with Gasteiger partial charge in [-0.1, -0.05) is 6.07 Å². The number of hydrogen-bond donors (Lipinski definition) is 2. The highest BCUT2D eigenvalue weighted by atomic mass is 35.5. The highest BCUT2D eigenvalue weighted by Gasteiger charge is 2.20. The molecule has 7 heteroatoms. The number of halogens is 1. The Morgan fingerprint density at radius 1 is 1.27 bits per heavy atom. The SMILES string of the molecule is Cl.O=S(=O)(NCC1CCCNC1)c1cccc2ncccc12. The molecule has 2 heterocycles. The predicted octanol–water partition coefficient (Wildman–Crippen LogP) is 1.93. The molecule has 1 fully saturated rings. The van der Waals surface area contributed by atoms with Crippen LogP contribution in [0.3, 0.4) is 0 Å². The first-order valence-electron chi connectivity index (χ1n) is 7.21. The summed E-state index contributed by atoms with van der Waals surface area (Å²) < 4.78 is 27.8. The topological polar surface area (TPSA) is 71.1 Å². The first-order valence-corrected chi connectivity index (χ1v) is 8.69. The first kappa shape index (κ1) is 17.1. The highest BCUT2D eigenvalue weighted by Crippen LogP contribution is 2.21. The van der Waals surface area contributed by atoms with E-state index < -0.39 is 10.0 Å². The molecule has 120 valence electrons. The zero-order valence-electron chi connectivity index (χ0n) is 12.2. The van der Waals surface area contributed by atoms with Crippen LogP contribution in [0.25, 0.3) is 10.9 Å². The fraction of sp³-hybridized carbons (Fsp3) is 0.400. The maximum atomic E-state index is 12.5. The third kappa shape index (κ3) is 3.76. The number of hydrogen-bond acceptors (Lipinski definition) is 4. The molecule has 2 N–H and O–H groups in total. The number of nitrogens with one attached hydrogen (secondary N) is 2. The van der Waals surface area contributed by atoms with Crippen molar-refractivity contribution < 1.29 is 8.42 Å². The summed E-state index contributed by atoms with van der Waals surface area (Å²) in [5, 5.41) is 3.96. The number of sulfonamides is 1. The van der Waals surface area contributed by atoms with Crippen LogP contribution in [-0.4, -0.2) is 33.0 Å². The number of fused-ring (bicyclic) bond motifs is 1. The Balaban J connectivity index is 0.00000176. The third-order valence-electron chi connectivity index (χ3n) is 3.86. The van der Waals surface area contributed by atoms with Gasteiger partial charge < -0.3 is 5.32 Å². The second kappa shape index (κ2) is 7.37. The van der Waals surface area contributed by atoms with Crippen LogP contribution in [0.2, 0.25) is 0 Å². The van der Waals surface area contributed by atoms with Crippen molar-refractivity contribution in [3.8, 4) is 0 Å². The molecule has 22 heavy (non-hydrogen) atoms. The second-order valence-electron chi connectivity index (χ2n) is 5.39. The van der Waals surface area contributed by atoms with E-state index in [1.54, 1.807) is 30.5 Å². The Hall–Kier alpha value is -1.21. The van der Waals surface area contributed by atoms with Crippen LogP contribution in [0, 0.1) is 5.92 Å². The molecule has 0 spiro atoms. The zero-order valence-corrected chi connectivity index (χ0v) is 13.8. The van der Waals surface area contributed by atoms with Gasteiger partial charge in [0.25, 0.3) is 0 Å². The van der Waals surface area contributed by atoms with Crippen molar-refractivity contribution in [3.05, 3.63) is 36.5 Å². The molecule has 5 nitrogen and oxygen atoms in total. The maximum Gasteiger partial charge on any atom is 0.241 e. The van der Waals surface area contributed by atoms with Crippen molar-refractivity contribution in [1.82, 2.24) is 15.0 Å². The minimum atomic E-state index is -3.50. The van der Waals surface area contributed by atoms with E-state index in [0.29, 0.717) is 28.3 Å². The van der Waals surface area contributed by atoms with Gasteiger partial charge in [-0.3, -0.25) is 4.98 Å². The van der Waals surface area contributed by atoms with Crippen molar-refractivity contribution in [2.45, 2.75) is 17.7 Å². The Bertz CT molecular complexity index is 725. The number of rotatable bonds is 4. The molecule has 0 bridgehead atoms. The average Bonchev–Trinajstić information content (AvgIpc) is 2.53. The van der Waals surface area contributed by atoms with Crippen LogP contribution in [-0.2, 0) is 10.0 Å². The predicted molar refractivity (Wildman–Crippen MR) is 89.8 cm³/mol. The lowest BCUT2D eigenvalue weighted by Gasteiger charge is -2.23. The molecule has 3 rings (SSSR count). The van der Waals surface area contributed by atoms with E-state index in [0.717, 1.165) is 25.9 Å². The monoisotopic (exact) mass is 341 g/mol. The Morgan fingerprint density at radius 2 is 2.14 bits per heavy atom. The van der Waals surface area contributed by atoms with Crippen molar-refractivity contribution in [2.24, 2.45) is 5.92 Å². The maximum absolute atomic E-state index is 12.5. The Kier molecular flexibility index (Phi) is 5.74. The molecule has 0 amide bonds. The number of benzene rings is 1. The fourth-order valence-corrected chi connectivity index (χ4v) is 4.04. The minimum absolute atomic E-state index is 0. The molecule has 0 radical (unpaired) electrons. The van der Waals surface area contributed by atoms with E-state index in [1.807, 2.05) is 6.07 Å². The molecule has 1 saturated heterocycles. The van der Waals surface area contributed by atoms with Crippen LogP contribution in [0.4, 0.5) is 0 Å². The highest BCUT2D eigenvalue weighted by molar-refractivity contribution is 7.89. The number of aromatic nitrogens is 1. The van der Waals surface area contributed by atoms with E-state index in [-0.39, 0.29) is 12.4 Å². The zero-order chi connectivity index (χ0) is 14.7. The molecular formula is C15H20ClN3O2S. The van der Waals surface area contributed by atoms with E-state index in [2.05, 4.69) is 15.0 Å². The fourth-order valence-electron chi connectivity index (χ4n) is 2.71. The number of pyridine rings is 1. The van der Waals surface area contributed by atoms with Gasteiger partial charge in [-0.05, 0) is 56.1 Å². The van der Waals surface area contributed by atoms with Gasteiger partial charge >= 0.3 is 0 Å². The van der Waals surface area contributed by atoms with Gasteiger partial charge in [-0.15, -0.1) is 12.4 Å². The molecule has 1 aromatic heterocycles. The summed E-state index contributed by atoms with van der Waals surface area (Å²) in [6.07, 6.45) is 3.83. The molecule has 1 unspecified atom stereocenters. The summed E-state index contributed by atoms with van der Waals surface area (Å²) in [6.45, 7) is 2.38. The van der Waals surface area contributed by atoms with Crippen LogP contribution in [0.5, 0.6) is 0 Å². The van der Waals surface area contributed by atoms with Gasteiger partial charge in [-0.2, -0.15) is 0 Å². The van der Waals surface area contributed by atoms with Crippen molar-refractivity contribution in [1.29, 1.82) is 0 Å². The summed E-state index contributed by atoms with van der Waals surface area (Å²) in [5.41, 5.74) is 0.694. The third-order valence-corrected chi connectivity index (χ3v) is 5.34. The van der Waals surface area contributed by atoms with E-state index in [9.17, 15) is 8.42 Å². The van der Waals surface area contributed by atoms with Crippen molar-refractivity contribution in [2.75, 3.05) is 19.6 Å². The van der Waals surface area contributed by atoms with Gasteiger partial charge in [0, 0.05) is 18.1 Å².